The largest absolute Gasteiger partial charge is 0.342 e. The number of hydrogen-bond acceptors (Lipinski definition) is 3. The van der Waals surface area contributed by atoms with Crippen LogP contribution in [0.1, 0.15) is 51.2 Å². The molecule has 1 N–H and O–H groups in total. The maximum absolute atomic E-state index is 12.7. The molecule has 1 unspecified atom stereocenters. The third-order valence-corrected chi connectivity index (χ3v) is 5.88. The van der Waals surface area contributed by atoms with Crippen molar-refractivity contribution >= 4 is 17.6 Å². The number of anilines is 1. The van der Waals surface area contributed by atoms with Crippen molar-refractivity contribution < 1.29 is 9.59 Å². The summed E-state index contributed by atoms with van der Waals surface area (Å²) >= 11 is 0. The smallest absolute Gasteiger partial charge is 0.230 e. The van der Waals surface area contributed by atoms with E-state index < -0.39 is 0 Å². The molecule has 0 radical (unpaired) electrons. The first-order valence-corrected chi connectivity index (χ1v) is 10.5. The minimum atomic E-state index is -0.282. The van der Waals surface area contributed by atoms with Gasteiger partial charge in [-0.05, 0) is 35.3 Å². The second kappa shape index (κ2) is 7.65. The quantitative estimate of drug-likeness (QED) is 0.816. The molecule has 2 aliphatic rings. The van der Waals surface area contributed by atoms with E-state index in [1.807, 2.05) is 4.90 Å². The predicted octanol–water partition coefficient (Wildman–Crippen LogP) is 3.43. The first-order valence-electron chi connectivity index (χ1n) is 10.5. The molecule has 6 heteroatoms. The van der Waals surface area contributed by atoms with Crippen LogP contribution >= 0.6 is 0 Å². The molecule has 1 aromatic heterocycles. The Bertz CT molecular complexity index is 890. The third kappa shape index (κ3) is 4.69. The van der Waals surface area contributed by atoms with Crippen LogP contribution < -0.4 is 5.32 Å². The molecule has 1 aliphatic carbocycles. The lowest BCUT2D eigenvalue weighted by molar-refractivity contribution is -0.128. The highest BCUT2D eigenvalue weighted by Crippen LogP contribution is 2.32. The minimum absolute atomic E-state index is 0.0959. The topological polar surface area (TPSA) is 67.2 Å². The summed E-state index contributed by atoms with van der Waals surface area (Å²) in [6, 6.07) is 10.3. The molecule has 0 spiro atoms. The number of carbonyl (C=O) groups excluding carboxylic acids is 2. The van der Waals surface area contributed by atoms with E-state index in [4.69, 9.17) is 0 Å². The van der Waals surface area contributed by atoms with Crippen molar-refractivity contribution in [3.05, 3.63) is 47.7 Å². The molecule has 6 nitrogen and oxygen atoms in total. The van der Waals surface area contributed by atoms with Crippen LogP contribution in [-0.4, -0.2) is 39.6 Å². The van der Waals surface area contributed by atoms with Crippen molar-refractivity contribution in [2.75, 3.05) is 18.4 Å². The Morgan fingerprint density at radius 2 is 1.90 bits per heavy atom. The molecule has 0 bridgehead atoms. The van der Waals surface area contributed by atoms with Crippen LogP contribution in [0.15, 0.2) is 36.5 Å². The van der Waals surface area contributed by atoms with Gasteiger partial charge in [0.05, 0.1) is 18.7 Å². The van der Waals surface area contributed by atoms with E-state index in [0.29, 0.717) is 31.2 Å². The summed E-state index contributed by atoms with van der Waals surface area (Å²) < 4.78 is 1.79. The van der Waals surface area contributed by atoms with Crippen LogP contribution in [0.5, 0.6) is 0 Å². The zero-order valence-corrected chi connectivity index (χ0v) is 17.5. The third-order valence-electron chi connectivity index (χ3n) is 5.88. The highest BCUT2D eigenvalue weighted by molar-refractivity contribution is 5.96. The van der Waals surface area contributed by atoms with Gasteiger partial charge in [-0.25, -0.2) is 4.68 Å². The number of carbonyl (C=O) groups is 2. The van der Waals surface area contributed by atoms with Crippen molar-refractivity contribution in [2.24, 2.45) is 11.8 Å². The van der Waals surface area contributed by atoms with Crippen LogP contribution in [0, 0.1) is 11.8 Å². The number of hydrogen-bond donors (Lipinski definition) is 1. The average Bonchev–Trinajstić information content (AvgIpc) is 3.27. The molecular formula is C23H30N4O2. The van der Waals surface area contributed by atoms with Crippen molar-refractivity contribution in [1.29, 1.82) is 0 Å². The van der Waals surface area contributed by atoms with Gasteiger partial charge in [0.15, 0.2) is 0 Å². The van der Waals surface area contributed by atoms with E-state index in [1.54, 1.807) is 16.9 Å². The maximum Gasteiger partial charge on any atom is 0.230 e. The summed E-state index contributed by atoms with van der Waals surface area (Å²) in [4.78, 5) is 26.8. The van der Waals surface area contributed by atoms with Gasteiger partial charge >= 0.3 is 0 Å². The van der Waals surface area contributed by atoms with E-state index in [-0.39, 0.29) is 23.1 Å². The first-order chi connectivity index (χ1) is 13.8. The molecule has 1 aliphatic heterocycles. The highest BCUT2D eigenvalue weighted by atomic mass is 16.2. The lowest BCUT2D eigenvalue weighted by Gasteiger charge is -2.19. The van der Waals surface area contributed by atoms with E-state index in [1.165, 1.54) is 18.4 Å². The number of rotatable bonds is 6. The molecule has 2 heterocycles. The van der Waals surface area contributed by atoms with Gasteiger partial charge in [0.1, 0.15) is 5.82 Å². The molecule has 1 atom stereocenters. The molecule has 4 rings (SSSR count). The summed E-state index contributed by atoms with van der Waals surface area (Å²) in [5, 5.41) is 7.35. The zero-order chi connectivity index (χ0) is 20.6. The fourth-order valence-corrected chi connectivity index (χ4v) is 3.81. The Hall–Kier alpha value is -2.63. The monoisotopic (exact) mass is 394 g/mol. The van der Waals surface area contributed by atoms with Crippen LogP contribution in [0.4, 0.5) is 5.82 Å². The summed E-state index contributed by atoms with van der Waals surface area (Å²) in [6.45, 7) is 8.52. The number of nitrogens with one attached hydrogen (secondary N) is 1. The van der Waals surface area contributed by atoms with Crippen LogP contribution in [0.2, 0.25) is 0 Å². The highest BCUT2D eigenvalue weighted by Gasteiger charge is 2.37. The van der Waals surface area contributed by atoms with Gasteiger partial charge in [-0.15, -0.1) is 0 Å². The van der Waals surface area contributed by atoms with Gasteiger partial charge in [-0.1, -0.05) is 45.0 Å². The summed E-state index contributed by atoms with van der Waals surface area (Å²) in [6.07, 6.45) is 4.41. The van der Waals surface area contributed by atoms with Gasteiger partial charge in [-0.3, -0.25) is 9.59 Å². The van der Waals surface area contributed by atoms with Crippen LogP contribution in [0.3, 0.4) is 0 Å². The number of amides is 2. The standard InChI is InChI=1S/C23H30N4O2/c1-23(2,3)19-8-6-17(7-9-19)14-27-20(10-11-24-27)25-22(29)18-12-21(28)26(15-18)13-16-4-5-16/h6-11,16,18H,4-5,12-15H2,1-3H3,(H,25,29). The first kappa shape index (κ1) is 19.7. The van der Waals surface area contributed by atoms with Crippen molar-refractivity contribution in [1.82, 2.24) is 14.7 Å². The number of nitrogens with zero attached hydrogens (tertiary/aromatic N) is 3. The van der Waals surface area contributed by atoms with Crippen LogP contribution in [0.25, 0.3) is 0 Å². The van der Waals surface area contributed by atoms with Gasteiger partial charge in [0.2, 0.25) is 11.8 Å². The summed E-state index contributed by atoms with van der Waals surface area (Å²) in [5.41, 5.74) is 2.54. The molecule has 29 heavy (non-hydrogen) atoms. The van der Waals surface area contributed by atoms with E-state index in [2.05, 4.69) is 55.5 Å². The molecular weight excluding hydrogens is 364 g/mol. The molecule has 2 fully saturated rings. The normalized spacial score (nSPS) is 19.6. The second-order valence-corrected chi connectivity index (χ2v) is 9.45. The fraction of sp³-hybridized carbons (Fsp3) is 0.522. The van der Waals surface area contributed by atoms with Crippen molar-refractivity contribution in [3.63, 3.8) is 0 Å². The average molecular weight is 395 g/mol. The second-order valence-electron chi connectivity index (χ2n) is 9.45. The Morgan fingerprint density at radius 3 is 2.55 bits per heavy atom. The summed E-state index contributed by atoms with van der Waals surface area (Å²) in [5.74, 6) is 1.04. The molecule has 154 valence electrons. The van der Waals surface area contributed by atoms with E-state index in [9.17, 15) is 9.59 Å². The predicted molar refractivity (Wildman–Crippen MR) is 113 cm³/mol. The number of aromatic nitrogens is 2. The van der Waals surface area contributed by atoms with E-state index in [0.717, 1.165) is 12.1 Å². The lowest BCUT2D eigenvalue weighted by atomic mass is 9.87. The summed E-state index contributed by atoms with van der Waals surface area (Å²) in [7, 11) is 0. The minimum Gasteiger partial charge on any atom is -0.342 e. The van der Waals surface area contributed by atoms with Crippen molar-refractivity contribution in [2.45, 2.75) is 52.0 Å². The van der Waals surface area contributed by atoms with Gasteiger partial charge in [0, 0.05) is 25.6 Å². The zero-order valence-electron chi connectivity index (χ0n) is 17.5. The molecule has 2 aromatic rings. The Morgan fingerprint density at radius 1 is 1.17 bits per heavy atom. The molecule has 1 saturated carbocycles. The number of likely N-dealkylation sites (tertiary alicyclic amines) is 1. The van der Waals surface area contributed by atoms with E-state index >= 15 is 0 Å². The maximum atomic E-state index is 12.7. The van der Waals surface area contributed by atoms with Crippen molar-refractivity contribution in [3.8, 4) is 0 Å². The fourth-order valence-electron chi connectivity index (χ4n) is 3.81. The number of benzene rings is 1. The molecule has 2 amide bonds. The Kier molecular flexibility index (Phi) is 5.19. The SMILES string of the molecule is CC(C)(C)c1ccc(Cn2nccc2NC(=O)C2CC(=O)N(CC3CC3)C2)cc1. The van der Waals surface area contributed by atoms with Gasteiger partial charge in [-0.2, -0.15) is 5.10 Å². The van der Waals surface area contributed by atoms with Gasteiger partial charge < -0.3 is 10.2 Å². The Balaban J connectivity index is 1.38. The van der Waals surface area contributed by atoms with Gasteiger partial charge in [0.25, 0.3) is 0 Å². The lowest BCUT2D eigenvalue weighted by Crippen LogP contribution is -2.30. The molecule has 1 aromatic carbocycles. The Labute approximate surface area is 172 Å². The molecule has 1 saturated heterocycles. The van der Waals surface area contributed by atoms with Crippen LogP contribution in [-0.2, 0) is 21.5 Å².